The molecule has 3 heteroatoms. The Morgan fingerprint density at radius 1 is 0.579 bits per heavy atom. The van der Waals surface area contributed by atoms with E-state index in [0.29, 0.717) is 0 Å². The van der Waals surface area contributed by atoms with Crippen molar-refractivity contribution in [3.05, 3.63) is 95.7 Å². The minimum atomic E-state index is 0. The summed E-state index contributed by atoms with van der Waals surface area (Å²) in [7, 11) is 0. The van der Waals surface area contributed by atoms with Gasteiger partial charge in [-0.15, -0.1) is 5.38 Å². The average molecular weight is 308 g/mol. The molecule has 0 nitrogen and oxygen atoms in total. The third kappa shape index (κ3) is 15.2. The molecule has 0 atom stereocenters. The molecule has 0 aliphatic heterocycles. The Labute approximate surface area is 142 Å². The van der Waals surface area contributed by atoms with Crippen molar-refractivity contribution >= 4 is 11.3 Å². The van der Waals surface area contributed by atoms with E-state index in [-0.39, 0.29) is 35.9 Å². The largest absolute Gasteiger partial charge is 2.00 e. The SMILES string of the molecule is [Cu+2].[Li+].[c-]1ccccc1.[c-]1ccccc1.[c-]1cccs1. The van der Waals surface area contributed by atoms with Crippen LogP contribution in [0.4, 0.5) is 0 Å². The molecule has 3 aromatic rings. The van der Waals surface area contributed by atoms with Gasteiger partial charge in [0.05, 0.1) is 0 Å². The zero-order chi connectivity index (χ0) is 12.0. The Morgan fingerprint density at radius 2 is 1.05 bits per heavy atom. The number of benzene rings is 2. The Kier molecular flexibility index (Phi) is 18.7. The van der Waals surface area contributed by atoms with E-state index in [1.54, 1.807) is 11.3 Å². The van der Waals surface area contributed by atoms with Crippen LogP contribution in [0.1, 0.15) is 0 Å². The minimum Gasteiger partial charge on any atom is -0.304 e. The van der Waals surface area contributed by atoms with Crippen molar-refractivity contribution < 1.29 is 35.9 Å². The quantitative estimate of drug-likeness (QED) is 0.436. The van der Waals surface area contributed by atoms with Crippen molar-refractivity contribution in [2.75, 3.05) is 0 Å². The van der Waals surface area contributed by atoms with Gasteiger partial charge in [0.1, 0.15) is 0 Å². The van der Waals surface area contributed by atoms with Crippen LogP contribution >= 0.6 is 11.3 Å². The molecule has 19 heavy (non-hydrogen) atoms. The number of rotatable bonds is 0. The van der Waals surface area contributed by atoms with Gasteiger partial charge in [-0.3, -0.25) is 0 Å². The van der Waals surface area contributed by atoms with E-state index in [0.717, 1.165) is 0 Å². The third-order valence-corrected chi connectivity index (χ3v) is 2.16. The smallest absolute Gasteiger partial charge is 0.304 e. The summed E-state index contributed by atoms with van der Waals surface area (Å²) in [6.45, 7) is 0. The van der Waals surface area contributed by atoms with Crippen LogP contribution in [0.15, 0.2) is 78.2 Å². The van der Waals surface area contributed by atoms with Crippen LogP contribution in [-0.4, -0.2) is 0 Å². The first-order valence-corrected chi connectivity index (χ1v) is 6.10. The summed E-state index contributed by atoms with van der Waals surface area (Å²) in [5.74, 6) is 0. The Morgan fingerprint density at radius 3 is 1.16 bits per heavy atom. The van der Waals surface area contributed by atoms with Gasteiger partial charge in [0.15, 0.2) is 0 Å². The second-order valence-electron chi connectivity index (χ2n) is 2.89. The van der Waals surface area contributed by atoms with Crippen LogP contribution in [0.3, 0.4) is 0 Å². The molecule has 0 saturated carbocycles. The molecular weight excluding hydrogens is 295 g/mol. The van der Waals surface area contributed by atoms with Gasteiger partial charge in [0.2, 0.25) is 0 Å². The summed E-state index contributed by atoms with van der Waals surface area (Å²) in [5, 5.41) is 4.89. The van der Waals surface area contributed by atoms with Crippen molar-refractivity contribution in [2.45, 2.75) is 0 Å². The molecule has 0 amide bonds. The van der Waals surface area contributed by atoms with E-state index in [2.05, 4.69) is 17.5 Å². The van der Waals surface area contributed by atoms with Gasteiger partial charge >= 0.3 is 35.9 Å². The molecule has 3 rings (SSSR count). The van der Waals surface area contributed by atoms with E-state index >= 15 is 0 Å². The topological polar surface area (TPSA) is 0 Å². The summed E-state index contributed by atoms with van der Waals surface area (Å²) < 4.78 is 0. The van der Waals surface area contributed by atoms with Crippen molar-refractivity contribution in [1.29, 1.82) is 0 Å². The molecule has 1 radical (unpaired) electrons. The van der Waals surface area contributed by atoms with Crippen LogP contribution in [0, 0.1) is 17.5 Å². The van der Waals surface area contributed by atoms with E-state index < -0.39 is 0 Å². The fourth-order valence-corrected chi connectivity index (χ4v) is 1.27. The third-order valence-electron chi connectivity index (χ3n) is 1.59. The molecule has 0 N–H and O–H groups in total. The predicted octanol–water partition coefficient (Wildman–Crippen LogP) is 1.52. The van der Waals surface area contributed by atoms with Gasteiger partial charge in [0, 0.05) is 0 Å². The summed E-state index contributed by atoms with van der Waals surface area (Å²) in [4.78, 5) is 0. The predicted molar refractivity (Wildman–Crippen MR) is 73.7 cm³/mol. The first-order valence-electron chi connectivity index (χ1n) is 5.22. The molecule has 1 aromatic heterocycles. The van der Waals surface area contributed by atoms with Gasteiger partial charge < -0.3 is 11.3 Å². The average Bonchev–Trinajstić information content (AvgIpc) is 3.03. The maximum Gasteiger partial charge on any atom is 2.00 e. The van der Waals surface area contributed by atoms with E-state index in [1.807, 2.05) is 78.2 Å². The fraction of sp³-hybridized carbons (Fsp3) is 0. The van der Waals surface area contributed by atoms with E-state index in [9.17, 15) is 0 Å². The Balaban J connectivity index is 0. The first-order chi connectivity index (χ1) is 8.50. The number of thiophene rings is 1. The molecule has 0 aliphatic carbocycles. The maximum absolute atomic E-state index is 2.90. The van der Waals surface area contributed by atoms with Crippen LogP contribution in [0.2, 0.25) is 0 Å². The molecule has 0 bridgehead atoms. The van der Waals surface area contributed by atoms with E-state index in [1.165, 1.54) is 0 Å². The fourth-order valence-electron chi connectivity index (χ4n) is 0.880. The van der Waals surface area contributed by atoms with Crippen LogP contribution in [0.25, 0.3) is 0 Å². The van der Waals surface area contributed by atoms with Gasteiger partial charge in [-0.25, -0.2) is 6.07 Å². The van der Waals surface area contributed by atoms with Gasteiger partial charge in [-0.1, -0.05) is 0 Å². The summed E-state index contributed by atoms with van der Waals surface area (Å²) in [5.41, 5.74) is 0. The van der Waals surface area contributed by atoms with Crippen molar-refractivity contribution in [2.24, 2.45) is 0 Å². The van der Waals surface area contributed by atoms with Gasteiger partial charge in [-0.2, -0.15) is 84.2 Å². The van der Waals surface area contributed by atoms with Crippen molar-refractivity contribution in [1.82, 2.24) is 0 Å². The maximum atomic E-state index is 2.90. The monoisotopic (exact) mass is 307 g/mol. The number of hydrogen-bond acceptors (Lipinski definition) is 1. The molecule has 0 unspecified atom stereocenters. The normalized spacial score (nSPS) is 7.16. The summed E-state index contributed by atoms with van der Waals surface area (Å²) >= 11 is 1.59. The molecule has 0 spiro atoms. The zero-order valence-electron chi connectivity index (χ0n) is 10.7. The molecule has 2 aromatic carbocycles. The van der Waals surface area contributed by atoms with Crippen LogP contribution in [0.5, 0.6) is 0 Å². The Bertz CT molecular complexity index is 327. The first kappa shape index (κ1) is 20.6. The standard InChI is InChI=1S/2C6H5.C4H3S.Cu.Li/c2*1-2-4-6-5-3-1;1-2-4-5-3-1;;/h2*1-5H;1-3H;;/q3*-1;+2;+1. The van der Waals surface area contributed by atoms with Crippen LogP contribution in [-0.2, 0) is 17.1 Å². The van der Waals surface area contributed by atoms with Crippen LogP contribution < -0.4 is 18.9 Å². The molecule has 95 valence electrons. The second-order valence-corrected chi connectivity index (χ2v) is 3.63. The van der Waals surface area contributed by atoms with E-state index in [4.69, 9.17) is 0 Å². The van der Waals surface area contributed by atoms with Crippen molar-refractivity contribution in [3.63, 3.8) is 0 Å². The summed E-state index contributed by atoms with van der Waals surface area (Å²) in [6, 6.07) is 28.9. The van der Waals surface area contributed by atoms with Crippen molar-refractivity contribution in [3.8, 4) is 0 Å². The Hall–Kier alpha value is -0.743. The summed E-state index contributed by atoms with van der Waals surface area (Å²) in [6.07, 6.45) is 0. The molecule has 0 fully saturated rings. The zero-order valence-corrected chi connectivity index (χ0v) is 12.5. The number of hydrogen-bond donors (Lipinski definition) is 0. The molecule has 0 saturated heterocycles. The second kappa shape index (κ2) is 17.3. The minimum absolute atomic E-state index is 0. The molecule has 1 heterocycles. The van der Waals surface area contributed by atoms with Gasteiger partial charge in [-0.05, 0) is 0 Å². The molecule has 0 aliphatic rings. The molecular formula is C16H13CuLiS. The van der Waals surface area contributed by atoms with Gasteiger partial charge in [0.25, 0.3) is 0 Å².